The first kappa shape index (κ1) is 11.4. The summed E-state index contributed by atoms with van der Waals surface area (Å²) < 4.78 is 26.2. The highest BCUT2D eigenvalue weighted by atomic mass is 32.2. The van der Waals surface area contributed by atoms with Crippen LogP contribution in [0.2, 0.25) is 0 Å². The lowest BCUT2D eigenvalue weighted by atomic mass is 9.82. The largest absolute Gasteiger partial charge is 0.325 e. The van der Waals surface area contributed by atoms with Gasteiger partial charge in [0.25, 0.3) is 0 Å². The number of sulfonamides is 1. The van der Waals surface area contributed by atoms with Crippen molar-refractivity contribution >= 4 is 10.0 Å². The van der Waals surface area contributed by atoms with E-state index in [0.29, 0.717) is 0 Å². The van der Waals surface area contributed by atoms with Gasteiger partial charge in [-0.15, -0.1) is 0 Å². The molecule has 2 saturated carbocycles. The van der Waals surface area contributed by atoms with E-state index in [4.69, 9.17) is 5.73 Å². The van der Waals surface area contributed by atoms with E-state index in [2.05, 4.69) is 4.72 Å². The minimum absolute atomic E-state index is 0.0957. The second-order valence-corrected chi connectivity index (χ2v) is 7.28. The normalized spacial score (nSPS) is 37.9. The Morgan fingerprint density at radius 3 is 2.20 bits per heavy atom. The molecule has 5 heteroatoms. The molecule has 2 fully saturated rings. The van der Waals surface area contributed by atoms with Crippen LogP contribution in [0.5, 0.6) is 0 Å². The summed E-state index contributed by atoms with van der Waals surface area (Å²) in [5.74, 6) is 0. The number of nitrogens with one attached hydrogen (secondary N) is 1. The summed E-state index contributed by atoms with van der Waals surface area (Å²) in [5.41, 5.74) is 5.90. The SMILES string of the molecule is CC1(N)CCC(NS(=O)(=O)C2CC2)CC1. The minimum atomic E-state index is -3.01. The number of hydrogen-bond acceptors (Lipinski definition) is 3. The third kappa shape index (κ3) is 2.92. The van der Waals surface area contributed by atoms with Crippen LogP contribution in [0, 0.1) is 0 Å². The van der Waals surface area contributed by atoms with Crippen molar-refractivity contribution in [3.8, 4) is 0 Å². The van der Waals surface area contributed by atoms with Crippen LogP contribution in [0.15, 0.2) is 0 Å². The van der Waals surface area contributed by atoms with Crippen molar-refractivity contribution in [2.45, 2.75) is 62.3 Å². The van der Waals surface area contributed by atoms with E-state index in [1.54, 1.807) is 0 Å². The van der Waals surface area contributed by atoms with Crippen LogP contribution in [-0.2, 0) is 10.0 Å². The zero-order valence-electron chi connectivity index (χ0n) is 9.20. The number of rotatable bonds is 3. The minimum Gasteiger partial charge on any atom is -0.325 e. The Bertz CT molecular complexity index is 323. The molecule has 0 aromatic rings. The van der Waals surface area contributed by atoms with E-state index in [0.717, 1.165) is 38.5 Å². The van der Waals surface area contributed by atoms with Gasteiger partial charge in [-0.2, -0.15) is 0 Å². The van der Waals surface area contributed by atoms with Gasteiger partial charge < -0.3 is 5.73 Å². The van der Waals surface area contributed by atoms with Crippen LogP contribution in [0.1, 0.15) is 45.4 Å². The summed E-state index contributed by atoms with van der Waals surface area (Å²) in [7, 11) is -3.01. The van der Waals surface area contributed by atoms with Crippen LogP contribution in [0.25, 0.3) is 0 Å². The van der Waals surface area contributed by atoms with Crippen LogP contribution in [0.3, 0.4) is 0 Å². The van der Waals surface area contributed by atoms with Gasteiger partial charge in [0.2, 0.25) is 10.0 Å². The van der Waals surface area contributed by atoms with Gasteiger partial charge in [0.15, 0.2) is 0 Å². The molecule has 0 radical (unpaired) electrons. The maximum atomic E-state index is 11.7. The third-order valence-corrected chi connectivity index (χ3v) is 5.43. The molecule has 0 bridgehead atoms. The Balaban J connectivity index is 1.87. The fraction of sp³-hybridized carbons (Fsp3) is 1.00. The molecule has 0 amide bonds. The Kier molecular flexibility index (Phi) is 2.81. The molecule has 0 unspecified atom stereocenters. The van der Waals surface area contributed by atoms with Crippen molar-refractivity contribution in [2.75, 3.05) is 0 Å². The van der Waals surface area contributed by atoms with E-state index in [1.165, 1.54) is 0 Å². The fourth-order valence-corrected chi connectivity index (χ4v) is 3.75. The van der Waals surface area contributed by atoms with Crippen molar-refractivity contribution < 1.29 is 8.42 Å². The monoisotopic (exact) mass is 232 g/mol. The molecule has 2 aliphatic rings. The van der Waals surface area contributed by atoms with Gasteiger partial charge in [0, 0.05) is 11.6 Å². The molecule has 0 aliphatic heterocycles. The summed E-state index contributed by atoms with van der Waals surface area (Å²) in [5, 5.41) is -0.108. The highest BCUT2D eigenvalue weighted by Crippen LogP contribution is 2.30. The molecule has 88 valence electrons. The Morgan fingerprint density at radius 1 is 1.20 bits per heavy atom. The van der Waals surface area contributed by atoms with Gasteiger partial charge in [0.05, 0.1) is 5.25 Å². The van der Waals surface area contributed by atoms with Crippen LogP contribution in [-0.4, -0.2) is 25.2 Å². The lowest BCUT2D eigenvalue weighted by molar-refractivity contribution is 0.285. The summed E-state index contributed by atoms with van der Waals surface area (Å²) in [6.45, 7) is 2.04. The molecule has 0 heterocycles. The standard InChI is InChI=1S/C10H20N2O2S/c1-10(11)6-4-8(5-7-10)12-15(13,14)9-2-3-9/h8-9,12H,2-7,11H2,1H3. The van der Waals surface area contributed by atoms with Crippen molar-refractivity contribution in [3.05, 3.63) is 0 Å². The molecule has 0 aromatic carbocycles. The second kappa shape index (κ2) is 3.71. The second-order valence-electron chi connectivity index (χ2n) is 5.29. The molecule has 0 aromatic heterocycles. The van der Waals surface area contributed by atoms with Crippen molar-refractivity contribution in [1.82, 2.24) is 4.72 Å². The average molecular weight is 232 g/mol. The van der Waals surface area contributed by atoms with Crippen LogP contribution in [0.4, 0.5) is 0 Å². The van der Waals surface area contributed by atoms with Crippen molar-refractivity contribution in [2.24, 2.45) is 5.73 Å². The van der Waals surface area contributed by atoms with E-state index in [-0.39, 0.29) is 16.8 Å². The summed E-state index contributed by atoms with van der Waals surface area (Å²) in [6, 6.07) is 0.118. The number of nitrogens with two attached hydrogens (primary N) is 1. The van der Waals surface area contributed by atoms with E-state index in [1.807, 2.05) is 6.92 Å². The first-order valence-electron chi connectivity index (χ1n) is 5.69. The predicted molar refractivity (Wildman–Crippen MR) is 59.9 cm³/mol. The summed E-state index contributed by atoms with van der Waals surface area (Å²) in [6.07, 6.45) is 5.22. The van der Waals surface area contributed by atoms with Gasteiger partial charge >= 0.3 is 0 Å². The Hall–Kier alpha value is -0.130. The molecular weight excluding hydrogens is 212 g/mol. The smallest absolute Gasteiger partial charge is 0.214 e. The zero-order valence-corrected chi connectivity index (χ0v) is 10.0. The predicted octanol–water partition coefficient (Wildman–Crippen LogP) is 0.728. The molecule has 0 atom stereocenters. The lowest BCUT2D eigenvalue weighted by Gasteiger charge is -2.34. The highest BCUT2D eigenvalue weighted by Gasteiger charge is 2.38. The number of hydrogen-bond donors (Lipinski definition) is 2. The average Bonchev–Trinajstić information content (AvgIpc) is 2.91. The lowest BCUT2D eigenvalue weighted by Crippen LogP contribution is -2.47. The Labute approximate surface area is 91.7 Å². The molecular formula is C10H20N2O2S. The van der Waals surface area contributed by atoms with Gasteiger partial charge in [0.1, 0.15) is 0 Å². The van der Waals surface area contributed by atoms with Crippen molar-refractivity contribution in [3.63, 3.8) is 0 Å². The first-order chi connectivity index (χ1) is 6.89. The molecule has 2 rings (SSSR count). The van der Waals surface area contributed by atoms with E-state index in [9.17, 15) is 8.42 Å². The molecule has 4 nitrogen and oxygen atoms in total. The van der Waals surface area contributed by atoms with Gasteiger partial charge in [-0.1, -0.05) is 0 Å². The summed E-state index contributed by atoms with van der Waals surface area (Å²) >= 11 is 0. The first-order valence-corrected chi connectivity index (χ1v) is 7.24. The summed E-state index contributed by atoms with van der Waals surface area (Å²) in [4.78, 5) is 0. The molecule has 2 aliphatic carbocycles. The van der Waals surface area contributed by atoms with Crippen LogP contribution >= 0.6 is 0 Å². The van der Waals surface area contributed by atoms with Crippen LogP contribution < -0.4 is 10.5 Å². The molecule has 0 spiro atoms. The molecule has 0 saturated heterocycles. The van der Waals surface area contributed by atoms with E-state index < -0.39 is 10.0 Å². The molecule has 15 heavy (non-hydrogen) atoms. The molecule has 3 N–H and O–H groups in total. The van der Waals surface area contributed by atoms with E-state index >= 15 is 0 Å². The van der Waals surface area contributed by atoms with Gasteiger partial charge in [-0.3, -0.25) is 0 Å². The van der Waals surface area contributed by atoms with Crippen molar-refractivity contribution in [1.29, 1.82) is 0 Å². The van der Waals surface area contributed by atoms with Gasteiger partial charge in [-0.25, -0.2) is 13.1 Å². The zero-order chi connectivity index (χ0) is 11.1. The van der Waals surface area contributed by atoms with Gasteiger partial charge in [-0.05, 0) is 45.4 Å². The maximum absolute atomic E-state index is 11.7. The topological polar surface area (TPSA) is 72.2 Å². The fourth-order valence-electron chi connectivity index (χ4n) is 2.10. The Morgan fingerprint density at radius 2 is 1.73 bits per heavy atom. The third-order valence-electron chi connectivity index (χ3n) is 3.42. The quantitative estimate of drug-likeness (QED) is 0.753. The highest BCUT2D eigenvalue weighted by molar-refractivity contribution is 7.90. The maximum Gasteiger partial charge on any atom is 0.214 e.